The van der Waals surface area contributed by atoms with Crippen LogP contribution in [0.4, 0.5) is 10.6 Å². The number of carbonyl (C=O) groups is 3. The van der Waals surface area contributed by atoms with E-state index in [1.165, 1.54) is 11.8 Å². The molecule has 0 aliphatic carbocycles. The van der Waals surface area contributed by atoms with Gasteiger partial charge >= 0.3 is 17.7 Å². The lowest BCUT2D eigenvalue weighted by Gasteiger charge is -2.33. The van der Waals surface area contributed by atoms with Crippen LogP contribution in [0.5, 0.6) is 0 Å². The zero-order valence-corrected chi connectivity index (χ0v) is 21.4. The summed E-state index contributed by atoms with van der Waals surface area (Å²) in [6.07, 6.45) is 2.60. The van der Waals surface area contributed by atoms with E-state index < -0.39 is 29.6 Å². The van der Waals surface area contributed by atoms with Gasteiger partial charge in [-0.1, -0.05) is 48.5 Å². The minimum Gasteiger partial charge on any atom is -0.480 e. The third-order valence-corrected chi connectivity index (χ3v) is 6.91. The molecule has 4 N–H and O–H groups in total. The van der Waals surface area contributed by atoms with Gasteiger partial charge in [-0.3, -0.25) is 9.78 Å². The van der Waals surface area contributed by atoms with Crippen molar-refractivity contribution in [3.8, 4) is 0 Å². The van der Waals surface area contributed by atoms with E-state index in [2.05, 4.69) is 32.7 Å². The second-order valence-electron chi connectivity index (χ2n) is 9.53. The molecule has 198 valence electrons. The van der Waals surface area contributed by atoms with Gasteiger partial charge in [0.25, 0.3) is 5.91 Å². The number of rotatable bonds is 7. The summed E-state index contributed by atoms with van der Waals surface area (Å²) in [6, 6.07) is 13.8. The zero-order valence-electron chi connectivity index (χ0n) is 21.4. The lowest BCUT2D eigenvalue weighted by Crippen LogP contribution is -2.50. The van der Waals surface area contributed by atoms with Gasteiger partial charge in [-0.05, 0) is 49.3 Å². The molecule has 1 aliphatic rings. The minimum atomic E-state index is -1.29. The van der Waals surface area contributed by atoms with E-state index in [9.17, 15) is 24.3 Å². The zero-order chi connectivity index (χ0) is 27.2. The third-order valence-electron chi connectivity index (χ3n) is 6.91. The van der Waals surface area contributed by atoms with E-state index >= 15 is 0 Å². The van der Waals surface area contributed by atoms with Crippen LogP contribution in [0, 0.1) is 13.8 Å². The fraction of sp³-hybridized carbons (Fsp3) is 0.321. The number of aryl methyl sites for hydroxylation is 2. The first-order valence-corrected chi connectivity index (χ1v) is 12.5. The van der Waals surface area contributed by atoms with Crippen LogP contribution >= 0.6 is 0 Å². The van der Waals surface area contributed by atoms with Crippen LogP contribution in [-0.4, -0.2) is 57.0 Å². The molecule has 0 spiro atoms. The quantitative estimate of drug-likeness (QED) is 0.379. The molecule has 10 heteroatoms. The van der Waals surface area contributed by atoms with Crippen LogP contribution in [0.3, 0.4) is 0 Å². The molecule has 3 aromatic rings. The highest BCUT2D eigenvalue weighted by molar-refractivity contribution is 6.06. The van der Waals surface area contributed by atoms with E-state index in [0.717, 1.165) is 24.0 Å². The molecule has 10 nitrogen and oxygen atoms in total. The average molecular weight is 518 g/mol. The minimum absolute atomic E-state index is 0.0434. The van der Waals surface area contributed by atoms with Gasteiger partial charge in [0, 0.05) is 36.8 Å². The molecule has 0 saturated carbocycles. The molecule has 0 bridgehead atoms. The summed E-state index contributed by atoms with van der Waals surface area (Å²) in [6.45, 7) is 4.62. The predicted octanol–water partition coefficient (Wildman–Crippen LogP) is 3.22. The first-order chi connectivity index (χ1) is 18.2. The summed E-state index contributed by atoms with van der Waals surface area (Å²) < 4.78 is 0. The molecule has 1 aromatic heterocycles. The summed E-state index contributed by atoms with van der Waals surface area (Å²) in [5.74, 6) is -1.29. The monoisotopic (exact) mass is 517 g/mol. The van der Waals surface area contributed by atoms with Gasteiger partial charge in [-0.2, -0.15) is 0 Å². The van der Waals surface area contributed by atoms with Gasteiger partial charge in [0.15, 0.2) is 0 Å². The number of hydrogen-bond donors (Lipinski definition) is 4. The van der Waals surface area contributed by atoms with Gasteiger partial charge in [0.2, 0.25) is 0 Å². The van der Waals surface area contributed by atoms with Gasteiger partial charge < -0.3 is 20.6 Å². The largest absolute Gasteiger partial charge is 0.480 e. The lowest BCUT2D eigenvalue weighted by molar-refractivity contribution is -0.139. The number of aromatic amines is 1. The van der Waals surface area contributed by atoms with Crippen LogP contribution < -0.4 is 16.3 Å². The normalized spacial score (nSPS) is 14.5. The fourth-order valence-corrected chi connectivity index (χ4v) is 4.84. The van der Waals surface area contributed by atoms with Crippen LogP contribution in [0.15, 0.2) is 59.5 Å². The van der Waals surface area contributed by atoms with E-state index in [0.29, 0.717) is 24.6 Å². The SMILES string of the molecule is Cc1cccc(C)c1C(=O)Nc1[nH]c(=O)ncc1CC(NC(=O)N1CCC(c2ccccc2)CC1)C(=O)O. The molecule has 1 unspecified atom stereocenters. The van der Waals surface area contributed by atoms with Crippen molar-refractivity contribution >= 4 is 23.7 Å². The number of aliphatic carboxylic acids is 1. The van der Waals surface area contributed by atoms with Crippen LogP contribution in [-0.2, 0) is 11.2 Å². The first-order valence-electron chi connectivity index (χ1n) is 12.5. The number of aromatic nitrogens is 2. The molecule has 1 saturated heterocycles. The van der Waals surface area contributed by atoms with Crippen molar-refractivity contribution in [1.29, 1.82) is 0 Å². The molecule has 0 radical (unpaired) electrons. The molecule has 3 amide bonds. The summed E-state index contributed by atoms with van der Waals surface area (Å²) in [7, 11) is 0. The highest BCUT2D eigenvalue weighted by Crippen LogP contribution is 2.27. The number of carboxylic acid groups (broad SMARTS) is 1. The molecule has 2 heterocycles. The maximum atomic E-state index is 13.0. The molecular formula is C28H31N5O5. The Kier molecular flexibility index (Phi) is 8.20. The van der Waals surface area contributed by atoms with Crippen molar-refractivity contribution in [2.24, 2.45) is 0 Å². The van der Waals surface area contributed by atoms with Crippen molar-refractivity contribution in [3.63, 3.8) is 0 Å². The Morgan fingerprint density at radius 2 is 1.71 bits per heavy atom. The molecule has 38 heavy (non-hydrogen) atoms. The number of anilines is 1. The van der Waals surface area contributed by atoms with Crippen LogP contribution in [0.2, 0.25) is 0 Å². The summed E-state index contributed by atoms with van der Waals surface area (Å²) in [5.41, 5.74) is 2.79. The van der Waals surface area contributed by atoms with E-state index in [4.69, 9.17) is 0 Å². The summed E-state index contributed by atoms with van der Waals surface area (Å²) in [4.78, 5) is 57.7. The van der Waals surface area contributed by atoms with Gasteiger partial charge in [-0.25, -0.2) is 19.4 Å². The number of likely N-dealkylation sites (tertiary alicyclic amines) is 1. The number of hydrogen-bond acceptors (Lipinski definition) is 5. The van der Waals surface area contributed by atoms with Gasteiger partial charge in [0.05, 0.1) is 0 Å². The van der Waals surface area contributed by atoms with Crippen molar-refractivity contribution in [2.45, 2.75) is 45.1 Å². The van der Waals surface area contributed by atoms with E-state index in [1.807, 2.05) is 24.3 Å². The van der Waals surface area contributed by atoms with Crippen molar-refractivity contribution in [3.05, 3.63) is 93.0 Å². The van der Waals surface area contributed by atoms with E-state index in [-0.39, 0.29) is 17.8 Å². The highest BCUT2D eigenvalue weighted by atomic mass is 16.4. The smallest absolute Gasteiger partial charge is 0.346 e. The Morgan fingerprint density at radius 1 is 1.05 bits per heavy atom. The molecular weight excluding hydrogens is 486 g/mol. The summed E-state index contributed by atoms with van der Waals surface area (Å²) >= 11 is 0. The van der Waals surface area contributed by atoms with Gasteiger partial charge in [0.1, 0.15) is 11.9 Å². The number of H-pyrrole nitrogens is 1. The maximum absolute atomic E-state index is 13.0. The third kappa shape index (κ3) is 6.26. The number of nitrogens with one attached hydrogen (secondary N) is 3. The van der Waals surface area contributed by atoms with Gasteiger partial charge in [-0.15, -0.1) is 0 Å². The number of carbonyl (C=O) groups excluding carboxylic acids is 2. The first kappa shape index (κ1) is 26.6. The lowest BCUT2D eigenvalue weighted by atomic mass is 9.89. The Labute approximate surface area is 220 Å². The fourth-order valence-electron chi connectivity index (χ4n) is 4.84. The Balaban J connectivity index is 1.44. The molecule has 1 fully saturated rings. The standard InChI is InChI=1S/C28H31N5O5/c1-17-7-6-8-18(2)23(17)25(34)31-24-21(16-29-27(37)32-24)15-22(26(35)36)30-28(38)33-13-11-20(12-14-33)19-9-4-3-5-10-19/h3-10,16,20,22H,11-15H2,1-2H3,(H,30,38)(H,35,36)(H2,29,31,32,34,37). The molecule has 4 rings (SSSR count). The van der Waals surface area contributed by atoms with Crippen LogP contribution in [0.1, 0.15) is 51.4 Å². The average Bonchev–Trinajstić information content (AvgIpc) is 2.90. The van der Waals surface area contributed by atoms with E-state index in [1.54, 1.807) is 30.9 Å². The molecule has 2 aromatic carbocycles. The maximum Gasteiger partial charge on any atom is 0.346 e. The molecule has 1 atom stereocenters. The Hall–Kier alpha value is -4.47. The van der Waals surface area contributed by atoms with Crippen LogP contribution in [0.25, 0.3) is 0 Å². The second-order valence-corrected chi connectivity index (χ2v) is 9.53. The Bertz CT molecular complexity index is 1360. The van der Waals surface area contributed by atoms with Crippen molar-refractivity contribution in [2.75, 3.05) is 18.4 Å². The number of amides is 3. The number of urea groups is 1. The number of piperidine rings is 1. The predicted molar refractivity (Wildman–Crippen MR) is 142 cm³/mol. The Morgan fingerprint density at radius 3 is 2.34 bits per heavy atom. The number of carboxylic acids is 1. The summed E-state index contributed by atoms with van der Waals surface area (Å²) in [5, 5.41) is 15.1. The van der Waals surface area contributed by atoms with Crippen molar-refractivity contribution < 1.29 is 19.5 Å². The number of benzene rings is 2. The topological polar surface area (TPSA) is 144 Å². The molecule has 1 aliphatic heterocycles. The second kappa shape index (κ2) is 11.7. The van der Waals surface area contributed by atoms with Crippen molar-refractivity contribution in [1.82, 2.24) is 20.2 Å². The highest BCUT2D eigenvalue weighted by Gasteiger charge is 2.28. The number of nitrogens with zero attached hydrogens (tertiary/aromatic N) is 2.